The molecule has 0 saturated carbocycles. The number of hydrogen-bond acceptors (Lipinski definition) is 6. The Morgan fingerprint density at radius 3 is 2.68 bits per heavy atom. The maximum Gasteiger partial charge on any atom is 0.327 e. The van der Waals surface area contributed by atoms with Crippen molar-refractivity contribution < 1.29 is 14.3 Å². The van der Waals surface area contributed by atoms with E-state index in [0.29, 0.717) is 12.4 Å². The number of rotatable bonds is 5. The minimum atomic E-state index is -0.371. The van der Waals surface area contributed by atoms with Crippen molar-refractivity contribution in [2.75, 3.05) is 13.7 Å². The number of methoxy groups -OCH3 is 1. The Bertz CT molecular complexity index is 550. The van der Waals surface area contributed by atoms with Crippen molar-refractivity contribution in [2.24, 2.45) is 0 Å². The second-order valence-corrected chi connectivity index (χ2v) is 3.69. The Hall–Kier alpha value is -2.44. The van der Waals surface area contributed by atoms with Crippen LogP contribution in [0, 0.1) is 0 Å². The number of benzene rings is 1. The van der Waals surface area contributed by atoms with Crippen LogP contribution in [0.15, 0.2) is 24.3 Å². The van der Waals surface area contributed by atoms with Gasteiger partial charge in [0.1, 0.15) is 12.3 Å². The van der Waals surface area contributed by atoms with Crippen LogP contribution >= 0.6 is 0 Å². The summed E-state index contributed by atoms with van der Waals surface area (Å²) in [5.74, 6) is 0.883. The van der Waals surface area contributed by atoms with Gasteiger partial charge in [-0.05, 0) is 41.6 Å². The molecule has 100 valence electrons. The summed E-state index contributed by atoms with van der Waals surface area (Å²) in [7, 11) is 1.60. The van der Waals surface area contributed by atoms with Crippen LogP contribution in [0.1, 0.15) is 6.92 Å². The summed E-state index contributed by atoms with van der Waals surface area (Å²) >= 11 is 0. The first kappa shape index (κ1) is 13.0. The standard InChI is InChI=1S/C12H14N4O3/c1-3-19-11(17)8-16-12(13-14-15-16)9-4-6-10(18-2)7-5-9/h4-7H,3,8H2,1-2H3. The number of tetrazole rings is 1. The summed E-state index contributed by atoms with van der Waals surface area (Å²) in [6.45, 7) is 2.07. The molecule has 2 rings (SSSR count). The molecule has 19 heavy (non-hydrogen) atoms. The summed E-state index contributed by atoms with van der Waals surface area (Å²) in [6, 6.07) is 7.26. The first-order valence-electron chi connectivity index (χ1n) is 5.80. The van der Waals surface area contributed by atoms with Crippen LogP contribution in [0.5, 0.6) is 5.75 Å². The highest BCUT2D eigenvalue weighted by atomic mass is 16.5. The molecule has 1 aromatic heterocycles. The van der Waals surface area contributed by atoms with Gasteiger partial charge in [-0.15, -0.1) is 5.10 Å². The topological polar surface area (TPSA) is 79.1 Å². The number of nitrogens with zero attached hydrogens (tertiary/aromatic N) is 4. The molecule has 7 nitrogen and oxygen atoms in total. The molecule has 0 bridgehead atoms. The molecule has 0 fully saturated rings. The Balaban J connectivity index is 2.20. The van der Waals surface area contributed by atoms with Crippen molar-refractivity contribution in [1.29, 1.82) is 0 Å². The summed E-state index contributed by atoms with van der Waals surface area (Å²) < 4.78 is 11.4. The fourth-order valence-corrected chi connectivity index (χ4v) is 1.59. The smallest absolute Gasteiger partial charge is 0.327 e. The van der Waals surface area contributed by atoms with Gasteiger partial charge in [0.05, 0.1) is 13.7 Å². The maximum absolute atomic E-state index is 11.4. The minimum Gasteiger partial charge on any atom is -0.497 e. The summed E-state index contributed by atoms with van der Waals surface area (Å²) in [5, 5.41) is 11.3. The molecule has 7 heteroatoms. The molecule has 0 aliphatic carbocycles. The van der Waals surface area contributed by atoms with E-state index in [1.807, 2.05) is 12.1 Å². The van der Waals surface area contributed by atoms with Gasteiger partial charge < -0.3 is 9.47 Å². The zero-order valence-corrected chi connectivity index (χ0v) is 10.7. The van der Waals surface area contributed by atoms with Crippen LogP contribution in [-0.4, -0.2) is 39.9 Å². The van der Waals surface area contributed by atoms with E-state index in [0.717, 1.165) is 11.3 Å². The zero-order chi connectivity index (χ0) is 13.7. The van der Waals surface area contributed by atoms with E-state index in [-0.39, 0.29) is 12.5 Å². The van der Waals surface area contributed by atoms with Gasteiger partial charge in [-0.3, -0.25) is 4.79 Å². The fraction of sp³-hybridized carbons (Fsp3) is 0.333. The molecule has 2 aromatic rings. The lowest BCUT2D eigenvalue weighted by atomic mass is 10.2. The van der Waals surface area contributed by atoms with Gasteiger partial charge >= 0.3 is 5.97 Å². The van der Waals surface area contributed by atoms with E-state index in [1.165, 1.54) is 4.68 Å². The normalized spacial score (nSPS) is 10.2. The van der Waals surface area contributed by atoms with E-state index in [2.05, 4.69) is 15.5 Å². The summed E-state index contributed by atoms with van der Waals surface area (Å²) in [4.78, 5) is 11.4. The van der Waals surface area contributed by atoms with Gasteiger partial charge in [-0.1, -0.05) is 0 Å². The van der Waals surface area contributed by atoms with Crippen molar-refractivity contribution in [3.8, 4) is 17.1 Å². The summed E-state index contributed by atoms with van der Waals surface area (Å²) in [5.41, 5.74) is 0.801. The number of esters is 1. The number of carbonyl (C=O) groups is 1. The van der Waals surface area contributed by atoms with Gasteiger partial charge in [-0.25, -0.2) is 4.68 Å². The third-order valence-electron chi connectivity index (χ3n) is 2.46. The van der Waals surface area contributed by atoms with Gasteiger partial charge in [0.15, 0.2) is 5.82 Å². The average Bonchev–Trinajstić information content (AvgIpc) is 2.87. The number of carbonyl (C=O) groups excluding carboxylic acids is 1. The molecule has 0 spiro atoms. The second kappa shape index (κ2) is 5.94. The molecule has 0 saturated heterocycles. The predicted molar refractivity (Wildman–Crippen MR) is 66.4 cm³/mol. The Morgan fingerprint density at radius 1 is 1.32 bits per heavy atom. The molecule has 0 atom stereocenters. The lowest BCUT2D eigenvalue weighted by Crippen LogP contribution is -2.15. The third-order valence-corrected chi connectivity index (χ3v) is 2.46. The lowest BCUT2D eigenvalue weighted by Gasteiger charge is -2.05. The molecule has 0 N–H and O–H groups in total. The third kappa shape index (κ3) is 3.06. The van der Waals surface area contributed by atoms with Crippen molar-refractivity contribution in [2.45, 2.75) is 13.5 Å². The molecule has 1 aromatic carbocycles. The predicted octanol–water partition coefficient (Wildman–Crippen LogP) is 0.912. The molecule has 0 aliphatic heterocycles. The first-order chi connectivity index (χ1) is 9.24. The monoisotopic (exact) mass is 262 g/mol. The van der Waals surface area contributed by atoms with Gasteiger partial charge in [0, 0.05) is 5.56 Å². The molecule has 0 amide bonds. The van der Waals surface area contributed by atoms with Crippen LogP contribution in [0.2, 0.25) is 0 Å². The molecular formula is C12H14N4O3. The van der Waals surface area contributed by atoms with Crippen LogP contribution < -0.4 is 4.74 Å². The van der Waals surface area contributed by atoms with E-state index in [1.54, 1.807) is 26.2 Å². The Labute approximate surface area is 110 Å². The number of ether oxygens (including phenoxy) is 2. The molecule has 1 heterocycles. The maximum atomic E-state index is 11.4. The number of hydrogen-bond donors (Lipinski definition) is 0. The first-order valence-corrected chi connectivity index (χ1v) is 5.80. The van der Waals surface area contributed by atoms with Crippen LogP contribution in [0.25, 0.3) is 11.4 Å². The lowest BCUT2D eigenvalue weighted by molar-refractivity contribution is -0.144. The minimum absolute atomic E-state index is 0.0117. The van der Waals surface area contributed by atoms with Crippen molar-refractivity contribution in [3.63, 3.8) is 0 Å². The van der Waals surface area contributed by atoms with Gasteiger partial charge in [0.25, 0.3) is 0 Å². The average molecular weight is 262 g/mol. The van der Waals surface area contributed by atoms with Gasteiger partial charge in [-0.2, -0.15) is 0 Å². The van der Waals surface area contributed by atoms with Crippen molar-refractivity contribution in [3.05, 3.63) is 24.3 Å². The highest BCUT2D eigenvalue weighted by molar-refractivity contribution is 5.70. The zero-order valence-electron chi connectivity index (χ0n) is 10.7. The van der Waals surface area contributed by atoms with Crippen LogP contribution in [0.3, 0.4) is 0 Å². The van der Waals surface area contributed by atoms with E-state index < -0.39 is 0 Å². The van der Waals surface area contributed by atoms with Crippen LogP contribution in [0.4, 0.5) is 0 Å². The molecule has 0 aliphatic rings. The molecule has 0 unspecified atom stereocenters. The SMILES string of the molecule is CCOC(=O)Cn1nnnc1-c1ccc(OC)cc1. The highest BCUT2D eigenvalue weighted by Gasteiger charge is 2.12. The summed E-state index contributed by atoms with van der Waals surface area (Å²) in [6.07, 6.45) is 0. The molecule has 0 radical (unpaired) electrons. The number of aromatic nitrogens is 4. The van der Waals surface area contributed by atoms with Gasteiger partial charge in [0.2, 0.25) is 0 Å². The van der Waals surface area contributed by atoms with Crippen LogP contribution in [-0.2, 0) is 16.1 Å². The van der Waals surface area contributed by atoms with E-state index in [9.17, 15) is 4.79 Å². The Kier molecular flexibility index (Phi) is 4.07. The van der Waals surface area contributed by atoms with Crippen molar-refractivity contribution >= 4 is 5.97 Å². The van der Waals surface area contributed by atoms with Crippen molar-refractivity contribution in [1.82, 2.24) is 20.2 Å². The van der Waals surface area contributed by atoms with E-state index >= 15 is 0 Å². The highest BCUT2D eigenvalue weighted by Crippen LogP contribution is 2.19. The Morgan fingerprint density at radius 2 is 2.05 bits per heavy atom. The fourth-order valence-electron chi connectivity index (χ4n) is 1.59. The molecular weight excluding hydrogens is 248 g/mol. The second-order valence-electron chi connectivity index (χ2n) is 3.69. The largest absolute Gasteiger partial charge is 0.497 e. The van der Waals surface area contributed by atoms with E-state index in [4.69, 9.17) is 9.47 Å². The quantitative estimate of drug-likeness (QED) is 0.745.